The molecule has 2 aromatic rings. The number of nitro benzene ring substituents is 1. The van der Waals surface area contributed by atoms with Crippen LogP contribution in [-0.4, -0.2) is 36.2 Å². The first kappa shape index (κ1) is 20.6. The van der Waals surface area contributed by atoms with Crippen LogP contribution in [-0.2, 0) is 16.0 Å². The van der Waals surface area contributed by atoms with E-state index in [-0.39, 0.29) is 23.5 Å². The summed E-state index contributed by atoms with van der Waals surface area (Å²) in [5.41, 5.74) is 1.35. The van der Waals surface area contributed by atoms with Crippen molar-refractivity contribution in [1.82, 2.24) is 5.32 Å². The molecule has 0 saturated heterocycles. The van der Waals surface area contributed by atoms with E-state index in [1.54, 1.807) is 12.1 Å². The fraction of sp³-hybridized carbons (Fsp3) is 0.211. The van der Waals surface area contributed by atoms with E-state index < -0.39 is 23.3 Å². The quantitative estimate of drug-likeness (QED) is 0.386. The standard InChI is InChI=1S/C19H19N3O6/c1-2-13-5-3-4-6-16(13)21-18(24)10-20-19(25)12-28-17-8-7-15(22(26)27)9-14(17)11-23/h3-9,11H,2,10,12H2,1H3,(H,20,25)(H,21,24). The Balaban J connectivity index is 1.85. The average molecular weight is 385 g/mol. The minimum absolute atomic E-state index is 0.0390. The number of aryl methyl sites for hydroxylation is 1. The molecule has 2 N–H and O–H groups in total. The lowest BCUT2D eigenvalue weighted by Gasteiger charge is -2.11. The van der Waals surface area contributed by atoms with Gasteiger partial charge in [0.25, 0.3) is 11.6 Å². The molecule has 9 heteroatoms. The largest absolute Gasteiger partial charge is 0.483 e. The zero-order chi connectivity index (χ0) is 20.5. The van der Waals surface area contributed by atoms with Gasteiger partial charge in [-0.25, -0.2) is 0 Å². The summed E-state index contributed by atoms with van der Waals surface area (Å²) in [7, 11) is 0. The number of ether oxygens (including phenoxy) is 1. The Bertz CT molecular complexity index is 897. The van der Waals surface area contributed by atoms with E-state index in [0.29, 0.717) is 12.0 Å². The summed E-state index contributed by atoms with van der Waals surface area (Å²) in [6.45, 7) is 1.27. The molecule has 0 aliphatic carbocycles. The van der Waals surface area contributed by atoms with Crippen LogP contribution in [0, 0.1) is 10.1 Å². The summed E-state index contributed by atoms with van der Waals surface area (Å²) >= 11 is 0. The second kappa shape index (κ2) is 9.81. The van der Waals surface area contributed by atoms with Crippen LogP contribution in [0.15, 0.2) is 42.5 Å². The lowest BCUT2D eigenvalue weighted by atomic mass is 10.1. The number of nitro groups is 1. The number of benzene rings is 2. The monoisotopic (exact) mass is 385 g/mol. The molecule has 0 aliphatic rings. The summed E-state index contributed by atoms with van der Waals surface area (Å²) in [4.78, 5) is 44.9. The van der Waals surface area contributed by atoms with E-state index in [1.165, 1.54) is 12.1 Å². The van der Waals surface area contributed by atoms with Crippen molar-refractivity contribution in [3.63, 3.8) is 0 Å². The lowest BCUT2D eigenvalue weighted by molar-refractivity contribution is -0.384. The van der Waals surface area contributed by atoms with Crippen molar-refractivity contribution in [1.29, 1.82) is 0 Å². The van der Waals surface area contributed by atoms with Crippen molar-refractivity contribution < 1.29 is 24.0 Å². The maximum atomic E-state index is 12.0. The third-order valence-electron chi connectivity index (χ3n) is 3.81. The van der Waals surface area contributed by atoms with Gasteiger partial charge in [0.15, 0.2) is 12.9 Å². The smallest absolute Gasteiger partial charge is 0.270 e. The van der Waals surface area contributed by atoms with Crippen molar-refractivity contribution >= 4 is 29.5 Å². The Labute approximate surface area is 160 Å². The second-order valence-electron chi connectivity index (χ2n) is 5.72. The van der Waals surface area contributed by atoms with Crippen molar-refractivity contribution in [3.05, 3.63) is 63.7 Å². The molecule has 0 spiro atoms. The molecule has 0 aromatic heterocycles. The van der Waals surface area contributed by atoms with Crippen molar-refractivity contribution in [2.75, 3.05) is 18.5 Å². The zero-order valence-electron chi connectivity index (χ0n) is 15.1. The highest BCUT2D eigenvalue weighted by Gasteiger charge is 2.13. The number of nitrogens with one attached hydrogen (secondary N) is 2. The van der Waals surface area contributed by atoms with Gasteiger partial charge in [0.2, 0.25) is 5.91 Å². The Morgan fingerprint density at radius 1 is 1.18 bits per heavy atom. The maximum Gasteiger partial charge on any atom is 0.270 e. The predicted molar refractivity (Wildman–Crippen MR) is 101 cm³/mol. The van der Waals surface area contributed by atoms with Crippen LogP contribution in [0.2, 0.25) is 0 Å². The Kier molecular flexibility index (Phi) is 7.21. The number of carbonyl (C=O) groups is 3. The molecule has 9 nitrogen and oxygen atoms in total. The van der Waals surface area contributed by atoms with Gasteiger partial charge in [0, 0.05) is 17.8 Å². The van der Waals surface area contributed by atoms with Crippen LogP contribution in [0.3, 0.4) is 0 Å². The van der Waals surface area contributed by atoms with E-state index in [2.05, 4.69) is 10.6 Å². The number of non-ortho nitro benzene ring substituents is 1. The van der Waals surface area contributed by atoms with Gasteiger partial charge in [-0.1, -0.05) is 25.1 Å². The topological polar surface area (TPSA) is 128 Å². The van der Waals surface area contributed by atoms with Crippen LogP contribution in [0.4, 0.5) is 11.4 Å². The molecule has 0 aliphatic heterocycles. The fourth-order valence-corrected chi connectivity index (χ4v) is 2.39. The van der Waals surface area contributed by atoms with Gasteiger partial charge in [-0.05, 0) is 24.1 Å². The molecule has 0 saturated carbocycles. The molecule has 146 valence electrons. The Morgan fingerprint density at radius 3 is 2.61 bits per heavy atom. The summed E-state index contributed by atoms with van der Waals surface area (Å²) in [6, 6.07) is 10.8. The van der Waals surface area contributed by atoms with Crippen LogP contribution >= 0.6 is 0 Å². The molecule has 2 aromatic carbocycles. The van der Waals surface area contributed by atoms with E-state index in [1.807, 2.05) is 19.1 Å². The first-order chi connectivity index (χ1) is 13.4. The summed E-state index contributed by atoms with van der Waals surface area (Å²) < 4.78 is 5.21. The van der Waals surface area contributed by atoms with Gasteiger partial charge in [-0.15, -0.1) is 0 Å². The van der Waals surface area contributed by atoms with E-state index >= 15 is 0 Å². The number of nitrogens with zero attached hydrogens (tertiary/aromatic N) is 1. The number of rotatable bonds is 9. The average Bonchev–Trinajstić information content (AvgIpc) is 2.70. The summed E-state index contributed by atoms with van der Waals surface area (Å²) in [5.74, 6) is -0.927. The van der Waals surface area contributed by atoms with Crippen molar-refractivity contribution in [3.8, 4) is 5.75 Å². The number of anilines is 1. The van der Waals surface area contributed by atoms with Gasteiger partial charge < -0.3 is 15.4 Å². The van der Waals surface area contributed by atoms with Crippen LogP contribution in [0.25, 0.3) is 0 Å². The number of amides is 2. The van der Waals surface area contributed by atoms with Crippen molar-refractivity contribution in [2.45, 2.75) is 13.3 Å². The molecule has 2 amide bonds. The predicted octanol–water partition coefficient (Wildman–Crippen LogP) is 2.10. The molecule has 0 atom stereocenters. The molecule has 0 fully saturated rings. The SMILES string of the molecule is CCc1ccccc1NC(=O)CNC(=O)COc1ccc([N+](=O)[O-])cc1C=O. The summed E-state index contributed by atoms with van der Waals surface area (Å²) in [5, 5.41) is 15.8. The molecule has 0 radical (unpaired) electrons. The minimum atomic E-state index is -0.640. The van der Waals surface area contributed by atoms with Crippen LogP contribution < -0.4 is 15.4 Å². The van der Waals surface area contributed by atoms with E-state index in [4.69, 9.17) is 4.74 Å². The molecule has 28 heavy (non-hydrogen) atoms. The number of para-hydroxylation sites is 1. The van der Waals surface area contributed by atoms with Gasteiger partial charge in [-0.3, -0.25) is 24.5 Å². The number of hydrogen-bond acceptors (Lipinski definition) is 6. The first-order valence-electron chi connectivity index (χ1n) is 8.45. The Hall–Kier alpha value is -3.75. The molecule has 0 unspecified atom stereocenters. The number of aldehydes is 1. The molecule has 0 heterocycles. The fourth-order valence-electron chi connectivity index (χ4n) is 2.39. The highest BCUT2D eigenvalue weighted by molar-refractivity contribution is 5.95. The molecular formula is C19H19N3O6. The molecule has 2 rings (SSSR count). The van der Waals surface area contributed by atoms with E-state index in [0.717, 1.165) is 18.1 Å². The normalized spacial score (nSPS) is 10.0. The van der Waals surface area contributed by atoms with Crippen molar-refractivity contribution in [2.24, 2.45) is 0 Å². The Morgan fingerprint density at radius 2 is 1.93 bits per heavy atom. The van der Waals surface area contributed by atoms with Gasteiger partial charge in [0.1, 0.15) is 5.75 Å². The van der Waals surface area contributed by atoms with Gasteiger partial charge in [-0.2, -0.15) is 0 Å². The highest BCUT2D eigenvalue weighted by Crippen LogP contribution is 2.22. The zero-order valence-corrected chi connectivity index (χ0v) is 15.1. The van der Waals surface area contributed by atoms with Crippen LogP contribution in [0.5, 0.6) is 5.75 Å². The summed E-state index contributed by atoms with van der Waals surface area (Å²) in [6.07, 6.45) is 1.16. The number of hydrogen-bond donors (Lipinski definition) is 2. The maximum absolute atomic E-state index is 12.0. The van der Waals surface area contributed by atoms with Gasteiger partial charge >= 0.3 is 0 Å². The molecule has 0 bridgehead atoms. The second-order valence-corrected chi connectivity index (χ2v) is 5.72. The van der Waals surface area contributed by atoms with Gasteiger partial charge in [0.05, 0.1) is 17.0 Å². The van der Waals surface area contributed by atoms with Crippen LogP contribution in [0.1, 0.15) is 22.8 Å². The molecular weight excluding hydrogens is 366 g/mol. The highest BCUT2D eigenvalue weighted by atomic mass is 16.6. The van der Waals surface area contributed by atoms with E-state index in [9.17, 15) is 24.5 Å². The first-order valence-corrected chi connectivity index (χ1v) is 8.45. The third-order valence-corrected chi connectivity index (χ3v) is 3.81. The lowest BCUT2D eigenvalue weighted by Crippen LogP contribution is -2.36. The minimum Gasteiger partial charge on any atom is -0.483 e. The number of carbonyl (C=O) groups excluding carboxylic acids is 3. The third kappa shape index (κ3) is 5.63.